The highest BCUT2D eigenvalue weighted by Gasteiger charge is 2.10. The molecule has 2 aromatic rings. The van der Waals surface area contributed by atoms with Gasteiger partial charge in [0.05, 0.1) is 6.54 Å². The molecule has 0 fully saturated rings. The molecule has 78 valence electrons. The van der Waals surface area contributed by atoms with Crippen LogP contribution in [-0.4, -0.2) is 12.3 Å². The third-order valence-corrected chi connectivity index (χ3v) is 2.45. The maximum Gasteiger partial charge on any atom is 0.211 e. The number of aryl methyl sites for hydroxylation is 1. The monoisotopic (exact) mass is 203 g/mol. The second-order valence-electron chi connectivity index (χ2n) is 3.46. The summed E-state index contributed by atoms with van der Waals surface area (Å²) < 4.78 is 5.39. The molecule has 1 heterocycles. The van der Waals surface area contributed by atoms with Gasteiger partial charge in [-0.05, 0) is 30.2 Å². The highest BCUT2D eigenvalue weighted by molar-refractivity contribution is 5.98. The summed E-state index contributed by atoms with van der Waals surface area (Å²) in [5.41, 5.74) is 7.24. The first-order chi connectivity index (χ1) is 7.24. The molecule has 1 aromatic carbocycles. The number of carbonyl (C=O) groups excluding carboxylic acids is 1. The van der Waals surface area contributed by atoms with Gasteiger partial charge < -0.3 is 10.2 Å². The van der Waals surface area contributed by atoms with E-state index < -0.39 is 0 Å². The molecular formula is C12H13NO2. The Labute approximate surface area is 87.9 Å². The molecule has 1 aromatic heterocycles. The Hall–Kier alpha value is -1.61. The fourth-order valence-corrected chi connectivity index (χ4v) is 1.55. The minimum absolute atomic E-state index is 0.0134. The summed E-state index contributed by atoms with van der Waals surface area (Å²) >= 11 is 0. The molecule has 0 amide bonds. The van der Waals surface area contributed by atoms with Crippen LogP contribution in [0, 0.1) is 0 Å². The van der Waals surface area contributed by atoms with Crippen LogP contribution in [-0.2, 0) is 6.42 Å². The van der Waals surface area contributed by atoms with Crippen molar-refractivity contribution >= 4 is 16.8 Å². The van der Waals surface area contributed by atoms with E-state index in [0.717, 1.165) is 17.4 Å². The quantitative estimate of drug-likeness (QED) is 0.777. The van der Waals surface area contributed by atoms with Crippen molar-refractivity contribution in [2.45, 2.75) is 13.3 Å². The Morgan fingerprint density at radius 1 is 1.40 bits per heavy atom. The third-order valence-electron chi connectivity index (χ3n) is 2.45. The van der Waals surface area contributed by atoms with Crippen LogP contribution in [0.15, 0.2) is 28.7 Å². The molecule has 3 heteroatoms. The van der Waals surface area contributed by atoms with Crippen LogP contribution in [0.1, 0.15) is 23.0 Å². The topological polar surface area (TPSA) is 56.2 Å². The van der Waals surface area contributed by atoms with Gasteiger partial charge in [0.2, 0.25) is 5.78 Å². The van der Waals surface area contributed by atoms with Crippen LogP contribution in [0.5, 0.6) is 0 Å². The molecule has 0 saturated carbocycles. The number of rotatable bonds is 3. The molecule has 3 nitrogen and oxygen atoms in total. The number of fused-ring (bicyclic) bond motifs is 1. The van der Waals surface area contributed by atoms with Crippen LogP contribution in [0.4, 0.5) is 0 Å². The van der Waals surface area contributed by atoms with Gasteiger partial charge in [0, 0.05) is 5.39 Å². The van der Waals surface area contributed by atoms with E-state index in [1.54, 1.807) is 6.07 Å². The third kappa shape index (κ3) is 1.78. The van der Waals surface area contributed by atoms with Crippen molar-refractivity contribution < 1.29 is 9.21 Å². The molecule has 0 aliphatic carbocycles. The van der Waals surface area contributed by atoms with E-state index in [-0.39, 0.29) is 12.3 Å². The summed E-state index contributed by atoms with van der Waals surface area (Å²) in [4.78, 5) is 11.3. The molecule has 15 heavy (non-hydrogen) atoms. The Morgan fingerprint density at radius 3 is 2.87 bits per heavy atom. The van der Waals surface area contributed by atoms with Crippen molar-refractivity contribution in [1.82, 2.24) is 0 Å². The fourth-order valence-electron chi connectivity index (χ4n) is 1.55. The molecule has 0 radical (unpaired) electrons. The van der Waals surface area contributed by atoms with E-state index in [4.69, 9.17) is 10.2 Å². The average Bonchev–Trinajstić information content (AvgIpc) is 2.70. The minimum Gasteiger partial charge on any atom is -0.453 e. The van der Waals surface area contributed by atoms with Crippen LogP contribution < -0.4 is 5.73 Å². The highest BCUT2D eigenvalue weighted by atomic mass is 16.3. The molecule has 0 bridgehead atoms. The summed E-state index contributed by atoms with van der Waals surface area (Å²) in [6.45, 7) is 2.08. The van der Waals surface area contributed by atoms with Gasteiger partial charge in [-0.1, -0.05) is 13.0 Å². The number of carbonyl (C=O) groups is 1. The van der Waals surface area contributed by atoms with Gasteiger partial charge in [-0.25, -0.2) is 0 Å². The van der Waals surface area contributed by atoms with Gasteiger partial charge in [-0.3, -0.25) is 4.79 Å². The van der Waals surface area contributed by atoms with Gasteiger partial charge in [-0.15, -0.1) is 0 Å². The van der Waals surface area contributed by atoms with Crippen molar-refractivity contribution in [1.29, 1.82) is 0 Å². The van der Waals surface area contributed by atoms with Crippen molar-refractivity contribution in [3.8, 4) is 0 Å². The number of benzene rings is 1. The van der Waals surface area contributed by atoms with Crippen LogP contribution in [0.3, 0.4) is 0 Å². The van der Waals surface area contributed by atoms with Gasteiger partial charge in [0.15, 0.2) is 5.76 Å². The Morgan fingerprint density at radius 2 is 2.20 bits per heavy atom. The predicted octanol–water partition coefficient (Wildman–Crippen LogP) is 2.14. The number of Topliss-reactive ketones (excluding diaryl/α,β-unsaturated/α-hetero) is 1. The van der Waals surface area contributed by atoms with Gasteiger partial charge in [-0.2, -0.15) is 0 Å². The maximum absolute atomic E-state index is 11.3. The molecule has 0 aliphatic heterocycles. The predicted molar refractivity (Wildman–Crippen MR) is 59.0 cm³/mol. The van der Waals surface area contributed by atoms with Crippen molar-refractivity contribution in [2.24, 2.45) is 5.73 Å². The van der Waals surface area contributed by atoms with E-state index in [1.807, 2.05) is 18.2 Å². The first kappa shape index (κ1) is 9.93. The lowest BCUT2D eigenvalue weighted by Gasteiger charge is -1.93. The summed E-state index contributed by atoms with van der Waals surface area (Å²) in [5.74, 6) is 0.185. The number of nitrogens with two attached hydrogens (primary N) is 1. The molecule has 0 unspecified atom stereocenters. The second-order valence-corrected chi connectivity index (χ2v) is 3.46. The van der Waals surface area contributed by atoms with Gasteiger partial charge in [0.25, 0.3) is 0 Å². The van der Waals surface area contributed by atoms with Gasteiger partial charge in [0.1, 0.15) is 5.58 Å². The van der Waals surface area contributed by atoms with E-state index in [1.165, 1.54) is 5.56 Å². The molecular weight excluding hydrogens is 190 g/mol. The average molecular weight is 203 g/mol. The van der Waals surface area contributed by atoms with Gasteiger partial charge >= 0.3 is 0 Å². The standard InChI is InChI=1S/C12H13NO2/c1-2-8-3-4-11-9(5-8)6-12(15-11)10(14)7-13/h3-6H,2,7,13H2,1H3. The molecule has 0 aliphatic rings. The first-order valence-corrected chi connectivity index (χ1v) is 5.00. The molecule has 0 saturated heterocycles. The molecule has 0 atom stereocenters. The number of ketones is 1. The van der Waals surface area contributed by atoms with E-state index in [2.05, 4.69) is 6.92 Å². The highest BCUT2D eigenvalue weighted by Crippen LogP contribution is 2.21. The van der Waals surface area contributed by atoms with E-state index in [0.29, 0.717) is 5.76 Å². The number of furan rings is 1. The zero-order valence-corrected chi connectivity index (χ0v) is 8.62. The summed E-state index contributed by atoms with van der Waals surface area (Å²) in [6, 6.07) is 7.68. The Kier molecular flexibility index (Phi) is 2.56. The molecule has 2 rings (SSSR count). The zero-order valence-electron chi connectivity index (χ0n) is 8.62. The summed E-state index contributed by atoms with van der Waals surface area (Å²) in [5, 5.41) is 0.964. The van der Waals surface area contributed by atoms with Crippen LogP contribution >= 0.6 is 0 Å². The van der Waals surface area contributed by atoms with E-state index >= 15 is 0 Å². The van der Waals surface area contributed by atoms with Crippen LogP contribution in [0.2, 0.25) is 0 Å². The lowest BCUT2D eigenvalue weighted by Crippen LogP contribution is -2.12. The molecule has 0 spiro atoms. The smallest absolute Gasteiger partial charge is 0.211 e. The summed E-state index contributed by atoms with van der Waals surface area (Å²) in [6.07, 6.45) is 0.974. The lowest BCUT2D eigenvalue weighted by atomic mass is 10.1. The van der Waals surface area contributed by atoms with Crippen LogP contribution in [0.25, 0.3) is 11.0 Å². The van der Waals surface area contributed by atoms with Crippen molar-refractivity contribution in [3.63, 3.8) is 0 Å². The number of hydrogen-bond acceptors (Lipinski definition) is 3. The fraction of sp³-hybridized carbons (Fsp3) is 0.250. The molecule has 2 N–H and O–H groups in total. The first-order valence-electron chi connectivity index (χ1n) is 5.00. The Bertz CT molecular complexity index is 499. The minimum atomic E-state index is -0.163. The lowest BCUT2D eigenvalue weighted by molar-refractivity contribution is 0.0977. The largest absolute Gasteiger partial charge is 0.453 e. The maximum atomic E-state index is 11.3. The van der Waals surface area contributed by atoms with Crippen molar-refractivity contribution in [2.75, 3.05) is 6.54 Å². The second kappa shape index (κ2) is 3.87. The van der Waals surface area contributed by atoms with Crippen molar-refractivity contribution in [3.05, 3.63) is 35.6 Å². The van der Waals surface area contributed by atoms with E-state index in [9.17, 15) is 4.79 Å². The SMILES string of the molecule is CCc1ccc2oc(C(=O)CN)cc2c1. The summed E-state index contributed by atoms with van der Waals surface area (Å²) in [7, 11) is 0. The normalized spacial score (nSPS) is 10.8. The zero-order chi connectivity index (χ0) is 10.8. The number of hydrogen-bond donors (Lipinski definition) is 1. The Balaban J connectivity index is 2.51.